The summed E-state index contributed by atoms with van der Waals surface area (Å²) in [4.78, 5) is 18.8. The van der Waals surface area contributed by atoms with Crippen molar-refractivity contribution in [2.45, 2.75) is 13.8 Å². The van der Waals surface area contributed by atoms with E-state index in [9.17, 15) is 4.79 Å². The zero-order chi connectivity index (χ0) is 12.4. The van der Waals surface area contributed by atoms with Crippen LogP contribution in [0, 0.1) is 6.92 Å². The Morgan fingerprint density at radius 3 is 2.65 bits per heavy atom. The first-order chi connectivity index (χ1) is 8.13. The quantitative estimate of drug-likeness (QED) is 0.824. The van der Waals surface area contributed by atoms with E-state index in [0.29, 0.717) is 11.5 Å². The van der Waals surface area contributed by atoms with E-state index in [-0.39, 0.29) is 5.78 Å². The monoisotopic (exact) mass is 230 g/mol. The molecule has 1 aromatic carbocycles. The number of H-pyrrole nitrogens is 1. The van der Waals surface area contributed by atoms with Crippen molar-refractivity contribution in [3.8, 4) is 17.1 Å². The number of aromatic amines is 1. The highest BCUT2D eigenvalue weighted by Gasteiger charge is 2.14. The van der Waals surface area contributed by atoms with Gasteiger partial charge in [0.05, 0.1) is 12.7 Å². The fraction of sp³-hybridized carbons (Fsp3) is 0.231. The summed E-state index contributed by atoms with van der Waals surface area (Å²) in [5.74, 6) is 1.35. The Balaban J connectivity index is 2.53. The van der Waals surface area contributed by atoms with Crippen LogP contribution in [-0.4, -0.2) is 22.9 Å². The largest absolute Gasteiger partial charge is 0.496 e. The highest BCUT2D eigenvalue weighted by molar-refractivity contribution is 5.94. The maximum atomic E-state index is 11.4. The predicted molar refractivity (Wildman–Crippen MR) is 65.3 cm³/mol. The van der Waals surface area contributed by atoms with Gasteiger partial charge in [-0.15, -0.1) is 0 Å². The molecular weight excluding hydrogens is 216 g/mol. The van der Waals surface area contributed by atoms with E-state index >= 15 is 0 Å². The number of methoxy groups -OCH3 is 1. The first kappa shape index (κ1) is 11.4. The van der Waals surface area contributed by atoms with E-state index in [1.165, 1.54) is 6.92 Å². The van der Waals surface area contributed by atoms with E-state index in [2.05, 4.69) is 9.97 Å². The molecule has 0 amide bonds. The van der Waals surface area contributed by atoms with Gasteiger partial charge in [-0.05, 0) is 19.1 Å². The minimum atomic E-state index is -0.0418. The summed E-state index contributed by atoms with van der Waals surface area (Å²) in [6.07, 6.45) is 0. The lowest BCUT2D eigenvalue weighted by molar-refractivity contribution is 0.101. The standard InChI is InChI=1S/C13H14N2O2/c1-8-12(9(2)16)15-13(14-8)10-6-4-5-7-11(10)17-3/h4-7H,1-3H3,(H,14,15). The zero-order valence-electron chi connectivity index (χ0n) is 10.1. The molecule has 0 aliphatic heterocycles. The molecule has 88 valence electrons. The number of imidazole rings is 1. The van der Waals surface area contributed by atoms with Gasteiger partial charge in [0.1, 0.15) is 17.3 Å². The minimum absolute atomic E-state index is 0.0418. The Bertz CT molecular complexity index is 558. The molecule has 0 radical (unpaired) electrons. The number of carbonyl (C=O) groups is 1. The smallest absolute Gasteiger partial charge is 0.179 e. The van der Waals surface area contributed by atoms with Crippen LogP contribution in [0.3, 0.4) is 0 Å². The lowest BCUT2D eigenvalue weighted by Crippen LogP contribution is -1.94. The van der Waals surface area contributed by atoms with Gasteiger partial charge in [-0.1, -0.05) is 12.1 Å². The topological polar surface area (TPSA) is 55.0 Å². The van der Waals surface area contributed by atoms with Gasteiger partial charge in [-0.3, -0.25) is 4.79 Å². The maximum absolute atomic E-state index is 11.4. The van der Waals surface area contributed by atoms with E-state index in [1.807, 2.05) is 31.2 Å². The number of rotatable bonds is 3. The van der Waals surface area contributed by atoms with Crippen molar-refractivity contribution in [3.63, 3.8) is 0 Å². The summed E-state index contributed by atoms with van der Waals surface area (Å²) in [5.41, 5.74) is 2.11. The van der Waals surface area contributed by atoms with E-state index in [4.69, 9.17) is 4.74 Å². The average molecular weight is 230 g/mol. The van der Waals surface area contributed by atoms with Crippen molar-refractivity contribution in [3.05, 3.63) is 35.7 Å². The summed E-state index contributed by atoms with van der Waals surface area (Å²) in [6, 6.07) is 7.56. The zero-order valence-corrected chi connectivity index (χ0v) is 10.1. The number of benzene rings is 1. The summed E-state index contributed by atoms with van der Waals surface area (Å²) in [7, 11) is 1.61. The van der Waals surface area contributed by atoms with E-state index < -0.39 is 0 Å². The molecule has 4 heteroatoms. The van der Waals surface area contributed by atoms with Gasteiger partial charge < -0.3 is 9.72 Å². The Labute approximate surface area is 99.7 Å². The molecule has 2 aromatic rings. The van der Waals surface area contributed by atoms with Crippen molar-refractivity contribution in [2.24, 2.45) is 0 Å². The third kappa shape index (κ3) is 2.06. The summed E-state index contributed by atoms with van der Waals surface area (Å²) >= 11 is 0. The van der Waals surface area contributed by atoms with Gasteiger partial charge in [0.2, 0.25) is 0 Å². The highest BCUT2D eigenvalue weighted by Crippen LogP contribution is 2.27. The molecule has 0 unspecified atom stereocenters. The number of para-hydroxylation sites is 1. The Hall–Kier alpha value is -2.10. The number of aromatic nitrogens is 2. The van der Waals surface area contributed by atoms with Gasteiger partial charge >= 0.3 is 0 Å². The molecule has 0 aliphatic carbocycles. The predicted octanol–water partition coefficient (Wildman–Crippen LogP) is 2.60. The van der Waals surface area contributed by atoms with Crippen LogP contribution in [0.15, 0.2) is 24.3 Å². The highest BCUT2D eigenvalue weighted by atomic mass is 16.5. The molecule has 0 saturated carbocycles. The molecule has 1 N–H and O–H groups in total. The fourth-order valence-electron chi connectivity index (χ4n) is 1.77. The van der Waals surface area contributed by atoms with Gasteiger partial charge in [0, 0.05) is 12.6 Å². The summed E-state index contributed by atoms with van der Waals surface area (Å²) in [6.45, 7) is 3.35. The maximum Gasteiger partial charge on any atom is 0.179 e. The van der Waals surface area contributed by atoms with Crippen LogP contribution in [0.1, 0.15) is 23.1 Å². The van der Waals surface area contributed by atoms with Crippen LogP contribution in [0.4, 0.5) is 0 Å². The molecule has 0 spiro atoms. The molecule has 17 heavy (non-hydrogen) atoms. The molecule has 1 aromatic heterocycles. The lowest BCUT2D eigenvalue weighted by Gasteiger charge is -2.04. The number of hydrogen-bond acceptors (Lipinski definition) is 3. The molecule has 1 heterocycles. The second kappa shape index (κ2) is 4.41. The van der Waals surface area contributed by atoms with Gasteiger partial charge in [-0.25, -0.2) is 4.98 Å². The summed E-state index contributed by atoms with van der Waals surface area (Å²) < 4.78 is 5.26. The van der Waals surface area contributed by atoms with Crippen molar-refractivity contribution < 1.29 is 9.53 Å². The van der Waals surface area contributed by atoms with Crippen LogP contribution in [-0.2, 0) is 0 Å². The normalized spacial score (nSPS) is 10.3. The van der Waals surface area contributed by atoms with Crippen molar-refractivity contribution in [1.82, 2.24) is 9.97 Å². The Morgan fingerprint density at radius 1 is 1.35 bits per heavy atom. The Kier molecular flexibility index (Phi) is 2.95. The van der Waals surface area contributed by atoms with Gasteiger partial charge in [-0.2, -0.15) is 0 Å². The van der Waals surface area contributed by atoms with Gasteiger partial charge in [0.15, 0.2) is 5.78 Å². The van der Waals surface area contributed by atoms with Crippen molar-refractivity contribution in [1.29, 1.82) is 0 Å². The molecular formula is C13H14N2O2. The first-order valence-corrected chi connectivity index (χ1v) is 5.34. The number of carbonyl (C=O) groups excluding carboxylic acids is 1. The number of nitrogens with zero attached hydrogens (tertiary/aromatic N) is 1. The number of aryl methyl sites for hydroxylation is 1. The molecule has 0 saturated heterocycles. The number of Topliss-reactive ketones (excluding diaryl/α,β-unsaturated/α-hetero) is 1. The second-order valence-corrected chi connectivity index (χ2v) is 3.82. The first-order valence-electron chi connectivity index (χ1n) is 5.34. The van der Waals surface area contributed by atoms with Crippen LogP contribution in [0.5, 0.6) is 5.75 Å². The van der Waals surface area contributed by atoms with Crippen LogP contribution >= 0.6 is 0 Å². The number of nitrogens with one attached hydrogen (secondary N) is 1. The van der Waals surface area contributed by atoms with E-state index in [0.717, 1.165) is 17.0 Å². The van der Waals surface area contributed by atoms with Crippen LogP contribution < -0.4 is 4.74 Å². The third-order valence-corrected chi connectivity index (χ3v) is 2.58. The van der Waals surface area contributed by atoms with E-state index in [1.54, 1.807) is 7.11 Å². The van der Waals surface area contributed by atoms with Gasteiger partial charge in [0.25, 0.3) is 0 Å². The SMILES string of the molecule is COc1ccccc1-c1nc(C(C)=O)c(C)[nH]1. The number of ether oxygens (including phenoxy) is 1. The van der Waals surface area contributed by atoms with Crippen LogP contribution in [0.25, 0.3) is 11.4 Å². The molecule has 0 fully saturated rings. The minimum Gasteiger partial charge on any atom is -0.496 e. The number of ketones is 1. The molecule has 0 atom stereocenters. The van der Waals surface area contributed by atoms with Crippen molar-refractivity contribution in [2.75, 3.05) is 7.11 Å². The fourth-order valence-corrected chi connectivity index (χ4v) is 1.77. The molecule has 0 aliphatic rings. The molecule has 4 nitrogen and oxygen atoms in total. The van der Waals surface area contributed by atoms with Crippen molar-refractivity contribution >= 4 is 5.78 Å². The average Bonchev–Trinajstić information content (AvgIpc) is 2.71. The molecule has 0 bridgehead atoms. The second-order valence-electron chi connectivity index (χ2n) is 3.82. The Morgan fingerprint density at radius 2 is 2.06 bits per heavy atom. The molecule has 2 rings (SSSR count). The summed E-state index contributed by atoms with van der Waals surface area (Å²) in [5, 5.41) is 0. The number of hydrogen-bond donors (Lipinski definition) is 1. The lowest BCUT2D eigenvalue weighted by atomic mass is 10.2. The van der Waals surface area contributed by atoms with Crippen LogP contribution in [0.2, 0.25) is 0 Å². The third-order valence-electron chi connectivity index (χ3n) is 2.58.